The number of hydrogen-bond donors (Lipinski definition) is 2. The van der Waals surface area contributed by atoms with E-state index in [2.05, 4.69) is 31.3 Å². The second-order valence-electron chi connectivity index (χ2n) is 4.89. The maximum Gasteiger partial charge on any atom is 0.0661 e. The van der Waals surface area contributed by atoms with Gasteiger partial charge in [0.2, 0.25) is 0 Å². The summed E-state index contributed by atoms with van der Waals surface area (Å²) >= 11 is 0. The van der Waals surface area contributed by atoms with Crippen molar-refractivity contribution in [1.29, 1.82) is 0 Å². The summed E-state index contributed by atoms with van der Waals surface area (Å²) in [7, 11) is 0. The second kappa shape index (κ2) is 3.86. The highest BCUT2D eigenvalue weighted by Crippen LogP contribution is 2.40. The van der Waals surface area contributed by atoms with Gasteiger partial charge in [-0.25, -0.2) is 0 Å². The fourth-order valence-electron chi connectivity index (χ4n) is 2.54. The predicted octanol–water partition coefficient (Wildman–Crippen LogP) is 2.57. The summed E-state index contributed by atoms with van der Waals surface area (Å²) in [4.78, 5) is 0. The van der Waals surface area contributed by atoms with Gasteiger partial charge in [-0.05, 0) is 37.3 Å². The number of aliphatic hydroxyl groups excluding tert-OH is 1. The summed E-state index contributed by atoms with van der Waals surface area (Å²) in [5.41, 5.74) is 2.33. The van der Waals surface area contributed by atoms with E-state index in [9.17, 15) is 5.11 Å². The number of aryl methyl sites for hydroxylation is 1. The predicted molar refractivity (Wildman–Crippen MR) is 63.0 cm³/mol. The molecular formula is C13H19NO. The minimum absolute atomic E-state index is 0.0640. The van der Waals surface area contributed by atoms with Crippen LogP contribution in [0.4, 0.5) is 5.69 Å². The molecule has 1 fully saturated rings. The Balaban J connectivity index is 2.11. The zero-order valence-electron chi connectivity index (χ0n) is 9.46. The fraction of sp³-hybridized carbons (Fsp3) is 0.538. The van der Waals surface area contributed by atoms with E-state index in [1.54, 1.807) is 0 Å². The first-order chi connectivity index (χ1) is 7.15. The summed E-state index contributed by atoms with van der Waals surface area (Å²) in [6.07, 6.45) is 2.13. The van der Waals surface area contributed by atoms with Gasteiger partial charge in [0.1, 0.15) is 0 Å². The van der Waals surface area contributed by atoms with Crippen molar-refractivity contribution in [1.82, 2.24) is 0 Å². The van der Waals surface area contributed by atoms with Gasteiger partial charge < -0.3 is 10.4 Å². The molecule has 1 aliphatic rings. The molecule has 0 radical (unpaired) electrons. The lowest BCUT2D eigenvalue weighted by atomic mass is 9.69. The lowest BCUT2D eigenvalue weighted by Crippen LogP contribution is -2.52. The Morgan fingerprint density at radius 1 is 1.40 bits per heavy atom. The largest absolute Gasteiger partial charge is 0.394 e. The Bertz CT molecular complexity index is 342. The fourth-order valence-corrected chi connectivity index (χ4v) is 2.54. The molecule has 0 saturated heterocycles. The van der Waals surface area contributed by atoms with Crippen LogP contribution in [-0.2, 0) is 0 Å². The normalized spacial score (nSPS) is 29.7. The van der Waals surface area contributed by atoms with Crippen LogP contribution in [0, 0.1) is 12.8 Å². The van der Waals surface area contributed by atoms with Gasteiger partial charge in [-0.1, -0.05) is 25.1 Å². The standard InChI is InChI=1S/C13H19NO/c1-10-7-13(8-10,9-15)14-12-6-4-3-5-11(12)2/h3-6,10,14-15H,7-9H2,1-2H3. The Kier molecular flexibility index (Phi) is 2.70. The molecule has 15 heavy (non-hydrogen) atoms. The molecule has 1 aliphatic carbocycles. The molecule has 2 heteroatoms. The average Bonchev–Trinajstić information content (AvgIpc) is 2.18. The van der Waals surface area contributed by atoms with Crippen molar-refractivity contribution >= 4 is 5.69 Å². The quantitative estimate of drug-likeness (QED) is 0.795. The molecule has 0 spiro atoms. The molecule has 82 valence electrons. The number of hydrogen-bond acceptors (Lipinski definition) is 2. The van der Waals surface area contributed by atoms with Gasteiger partial charge in [0, 0.05) is 5.69 Å². The molecule has 2 N–H and O–H groups in total. The number of anilines is 1. The van der Waals surface area contributed by atoms with E-state index < -0.39 is 0 Å². The van der Waals surface area contributed by atoms with Gasteiger partial charge in [0.25, 0.3) is 0 Å². The van der Waals surface area contributed by atoms with E-state index in [1.165, 1.54) is 5.56 Å². The SMILES string of the molecule is Cc1ccccc1NC1(CO)CC(C)C1. The van der Waals surface area contributed by atoms with Crippen molar-refractivity contribution in [2.75, 3.05) is 11.9 Å². The maximum atomic E-state index is 9.44. The van der Waals surface area contributed by atoms with Crippen LogP contribution in [0.3, 0.4) is 0 Å². The van der Waals surface area contributed by atoms with Crippen LogP contribution >= 0.6 is 0 Å². The molecule has 0 aliphatic heterocycles. The van der Waals surface area contributed by atoms with Crippen LogP contribution in [0.2, 0.25) is 0 Å². The van der Waals surface area contributed by atoms with E-state index in [0.29, 0.717) is 0 Å². The van der Waals surface area contributed by atoms with Crippen LogP contribution in [0.5, 0.6) is 0 Å². The maximum absolute atomic E-state index is 9.44. The van der Waals surface area contributed by atoms with Crippen LogP contribution in [-0.4, -0.2) is 17.3 Å². The zero-order valence-corrected chi connectivity index (χ0v) is 9.46. The van der Waals surface area contributed by atoms with Crippen molar-refractivity contribution in [3.63, 3.8) is 0 Å². The van der Waals surface area contributed by atoms with Crippen LogP contribution in [0.1, 0.15) is 25.3 Å². The zero-order chi connectivity index (χ0) is 10.9. The molecule has 1 aromatic carbocycles. The topological polar surface area (TPSA) is 32.3 Å². The Labute approximate surface area is 91.3 Å². The third-order valence-corrected chi connectivity index (χ3v) is 3.33. The first-order valence-corrected chi connectivity index (χ1v) is 5.60. The molecule has 0 bridgehead atoms. The second-order valence-corrected chi connectivity index (χ2v) is 4.89. The third kappa shape index (κ3) is 2.00. The number of nitrogens with one attached hydrogen (secondary N) is 1. The Morgan fingerprint density at radius 2 is 2.07 bits per heavy atom. The Hall–Kier alpha value is -1.02. The monoisotopic (exact) mass is 205 g/mol. The Morgan fingerprint density at radius 3 is 2.60 bits per heavy atom. The molecule has 0 aromatic heterocycles. The molecule has 0 unspecified atom stereocenters. The van der Waals surface area contributed by atoms with E-state index in [4.69, 9.17) is 0 Å². The molecule has 0 heterocycles. The van der Waals surface area contributed by atoms with Crippen molar-refractivity contribution in [3.05, 3.63) is 29.8 Å². The highest BCUT2D eigenvalue weighted by molar-refractivity contribution is 5.52. The van der Waals surface area contributed by atoms with E-state index >= 15 is 0 Å². The van der Waals surface area contributed by atoms with Crippen molar-refractivity contribution in [3.8, 4) is 0 Å². The minimum Gasteiger partial charge on any atom is -0.394 e. The average molecular weight is 205 g/mol. The molecule has 2 rings (SSSR count). The molecular weight excluding hydrogens is 186 g/mol. The lowest BCUT2D eigenvalue weighted by Gasteiger charge is -2.46. The molecule has 2 nitrogen and oxygen atoms in total. The smallest absolute Gasteiger partial charge is 0.0661 e. The van der Waals surface area contributed by atoms with E-state index in [-0.39, 0.29) is 12.1 Å². The minimum atomic E-state index is -0.0640. The van der Waals surface area contributed by atoms with Gasteiger partial charge >= 0.3 is 0 Å². The summed E-state index contributed by atoms with van der Waals surface area (Å²) in [6.45, 7) is 4.55. The first kappa shape index (κ1) is 10.5. The summed E-state index contributed by atoms with van der Waals surface area (Å²) in [5, 5.41) is 12.9. The molecule has 1 aromatic rings. The third-order valence-electron chi connectivity index (χ3n) is 3.33. The molecule has 0 atom stereocenters. The number of rotatable bonds is 3. The van der Waals surface area contributed by atoms with Crippen LogP contribution in [0.25, 0.3) is 0 Å². The molecule has 0 amide bonds. The van der Waals surface area contributed by atoms with Crippen LogP contribution in [0.15, 0.2) is 24.3 Å². The van der Waals surface area contributed by atoms with Gasteiger partial charge in [-0.2, -0.15) is 0 Å². The molecule has 1 saturated carbocycles. The van der Waals surface area contributed by atoms with Gasteiger partial charge in [0.15, 0.2) is 0 Å². The van der Waals surface area contributed by atoms with Gasteiger partial charge in [-0.3, -0.25) is 0 Å². The highest BCUT2D eigenvalue weighted by Gasteiger charge is 2.41. The number of benzene rings is 1. The van der Waals surface area contributed by atoms with Crippen LogP contribution < -0.4 is 5.32 Å². The van der Waals surface area contributed by atoms with E-state index in [0.717, 1.165) is 24.4 Å². The number of para-hydroxylation sites is 1. The number of aliphatic hydroxyl groups is 1. The van der Waals surface area contributed by atoms with Gasteiger partial charge in [0.05, 0.1) is 12.1 Å². The summed E-state index contributed by atoms with van der Waals surface area (Å²) in [5.74, 6) is 0.730. The van der Waals surface area contributed by atoms with Gasteiger partial charge in [-0.15, -0.1) is 0 Å². The van der Waals surface area contributed by atoms with Crippen molar-refractivity contribution < 1.29 is 5.11 Å². The summed E-state index contributed by atoms with van der Waals surface area (Å²) < 4.78 is 0. The van der Waals surface area contributed by atoms with Crippen molar-refractivity contribution in [2.45, 2.75) is 32.2 Å². The van der Waals surface area contributed by atoms with E-state index in [1.807, 2.05) is 12.1 Å². The summed E-state index contributed by atoms with van der Waals surface area (Å²) in [6, 6.07) is 8.24. The highest BCUT2D eigenvalue weighted by atomic mass is 16.3. The first-order valence-electron chi connectivity index (χ1n) is 5.60. The lowest BCUT2D eigenvalue weighted by molar-refractivity contribution is 0.0992. The van der Waals surface area contributed by atoms with Crippen molar-refractivity contribution in [2.24, 2.45) is 5.92 Å².